The fraction of sp³-hybridized carbons (Fsp3) is 0.788. The summed E-state index contributed by atoms with van der Waals surface area (Å²) in [6.07, 6.45) is -5.39. The van der Waals surface area contributed by atoms with Crippen molar-refractivity contribution >= 4 is 107 Å². The zero-order valence-electron chi connectivity index (χ0n) is 77.5. The van der Waals surface area contributed by atoms with E-state index in [1.807, 2.05) is 0 Å². The van der Waals surface area contributed by atoms with Gasteiger partial charge in [0.05, 0.1) is 39.6 Å². The van der Waals surface area contributed by atoms with Crippen molar-refractivity contribution in [3.8, 4) is 0 Å². The van der Waals surface area contributed by atoms with Gasteiger partial charge in [-0.1, -0.05) is 38.5 Å². The van der Waals surface area contributed by atoms with E-state index in [1.165, 1.54) is 41.5 Å². The average molecular weight is 1880 g/mol. The summed E-state index contributed by atoms with van der Waals surface area (Å²) in [5, 5.41) is 24.7. The first-order valence-corrected chi connectivity index (χ1v) is 44.6. The van der Waals surface area contributed by atoms with E-state index >= 15 is 0 Å². The number of hydrogen-bond donors (Lipinski definition) is 10. The third-order valence-electron chi connectivity index (χ3n) is 19.9. The van der Waals surface area contributed by atoms with Crippen LogP contribution in [0.1, 0.15) is 237 Å². The van der Waals surface area contributed by atoms with Crippen LogP contribution in [0.4, 0.5) is 14.4 Å². The number of ether oxygens (including phenoxy) is 18. The lowest BCUT2D eigenvalue weighted by molar-refractivity contribution is -0.277. The van der Waals surface area contributed by atoms with Crippen LogP contribution in [-0.2, 0) is 157 Å². The molecule has 3 fully saturated rings. The zero-order valence-corrected chi connectivity index (χ0v) is 77.5. The molecule has 46 heteroatoms. The van der Waals surface area contributed by atoms with E-state index in [4.69, 9.17) is 91.0 Å². The third-order valence-corrected chi connectivity index (χ3v) is 19.9. The highest BCUT2D eigenvalue weighted by Crippen LogP contribution is 2.33. The Labute approximate surface area is 763 Å². The van der Waals surface area contributed by atoms with E-state index in [-0.39, 0.29) is 95.9 Å². The number of hydrogen-bond acceptors (Lipinski definition) is 37. The standard InChI is InChI=1S/C85H140N10O36/c1-52(96)93-70-76(126-61(10)105)73(123-58(7)102)64(49-120-55(4)99)129-79(70)114-43-25-31-67(108)87-37-19-13-16-22-40-90-82(111)117-46-28-34-85(86,35-29-47-118-83(112)91-41-23-17-14-20-38-88-68(109)32-26-44-115-80-71(94-53(2)97)77(127-62(11)106)74(124-59(8)103)65(130-80)50-121-56(5)100)36-30-48-119-84(113)92-42-24-18-15-21-39-89-69(110)33-27-45-116-81-72(95-54(3)98)78(128-63(12)107)75(125-60(9)104)66(131-81)51-122-57(6)101/h64-66,70-81H,13-51,86H2,1-12H3,(H,87,108)(H,88,109)(H,89,110)(H,90,111)(H,91,112)(H,92,113)(H,93,96)(H,94,97)(H,95,98). The van der Waals surface area contributed by atoms with Crippen LogP contribution in [0, 0.1) is 0 Å². The number of carbonyl (C=O) groups excluding carboxylic acids is 18. The summed E-state index contributed by atoms with van der Waals surface area (Å²) in [6.45, 7) is 14.9. The van der Waals surface area contributed by atoms with Crippen LogP contribution in [-0.4, -0.2) is 304 Å². The summed E-state index contributed by atoms with van der Waals surface area (Å²) in [5.41, 5.74) is 6.15. The van der Waals surface area contributed by atoms with Crippen molar-refractivity contribution in [1.29, 1.82) is 0 Å². The van der Waals surface area contributed by atoms with Gasteiger partial charge in [0.2, 0.25) is 35.4 Å². The summed E-state index contributed by atoms with van der Waals surface area (Å²) in [6, 6.07) is -3.45. The zero-order chi connectivity index (χ0) is 97.2. The van der Waals surface area contributed by atoms with E-state index in [2.05, 4.69) is 47.9 Å². The van der Waals surface area contributed by atoms with Gasteiger partial charge in [-0.2, -0.15) is 0 Å². The molecule has 0 aliphatic carbocycles. The maximum Gasteiger partial charge on any atom is 0.407 e. The second-order valence-corrected chi connectivity index (χ2v) is 31.7. The van der Waals surface area contributed by atoms with Crippen molar-refractivity contribution in [3.63, 3.8) is 0 Å². The second kappa shape index (κ2) is 65.2. The minimum Gasteiger partial charge on any atom is -0.463 e. The van der Waals surface area contributed by atoms with Gasteiger partial charge in [0.1, 0.15) is 56.3 Å². The molecule has 0 spiro atoms. The minimum atomic E-state index is -1.29. The predicted octanol–water partition coefficient (Wildman–Crippen LogP) is 2.59. The van der Waals surface area contributed by atoms with E-state index in [1.54, 1.807) is 0 Å². The number of nitrogens with one attached hydrogen (secondary N) is 9. The lowest BCUT2D eigenvalue weighted by atomic mass is 9.85. The van der Waals surface area contributed by atoms with Crippen molar-refractivity contribution in [2.45, 2.75) is 335 Å². The Morgan fingerprint density at radius 1 is 0.260 bits per heavy atom. The lowest BCUT2D eigenvalue weighted by Gasteiger charge is -2.44. The molecule has 3 aliphatic heterocycles. The lowest BCUT2D eigenvalue weighted by Crippen LogP contribution is -2.66. The molecule has 3 heterocycles. The van der Waals surface area contributed by atoms with Crippen LogP contribution < -0.4 is 53.6 Å². The summed E-state index contributed by atoms with van der Waals surface area (Å²) in [7, 11) is 0. The van der Waals surface area contributed by atoms with Crippen molar-refractivity contribution < 1.29 is 172 Å². The Kier molecular flexibility index (Phi) is 57.1. The van der Waals surface area contributed by atoms with Crippen molar-refractivity contribution in [3.05, 3.63) is 0 Å². The molecule has 9 amide bonds. The number of unbranched alkanes of at least 4 members (excludes halogenated alkanes) is 9. The topological polar surface area (TPSA) is 608 Å². The van der Waals surface area contributed by atoms with Crippen LogP contribution in [0.5, 0.6) is 0 Å². The molecule has 15 unspecified atom stereocenters. The highest BCUT2D eigenvalue weighted by molar-refractivity contribution is 5.78. The maximum atomic E-state index is 12.7. The molecule has 0 aromatic carbocycles. The molecule has 3 saturated heterocycles. The number of esters is 9. The maximum absolute atomic E-state index is 12.7. The summed E-state index contributed by atoms with van der Waals surface area (Å²) in [5.74, 6) is -8.86. The number of nitrogens with two attached hydrogens (primary N) is 1. The quantitative estimate of drug-likeness (QED) is 0.0238. The molecule has 0 bridgehead atoms. The molecule has 0 aromatic heterocycles. The van der Waals surface area contributed by atoms with Gasteiger partial charge in [0.15, 0.2) is 55.5 Å². The summed E-state index contributed by atoms with van der Waals surface area (Å²) >= 11 is 0. The van der Waals surface area contributed by atoms with Gasteiger partial charge in [-0.05, 0) is 96.3 Å². The van der Waals surface area contributed by atoms with E-state index in [9.17, 15) is 86.3 Å². The van der Waals surface area contributed by atoms with Crippen molar-refractivity contribution in [1.82, 2.24) is 47.9 Å². The van der Waals surface area contributed by atoms with Gasteiger partial charge in [-0.3, -0.25) is 71.9 Å². The molecule has 746 valence electrons. The van der Waals surface area contributed by atoms with Crippen LogP contribution in [0.25, 0.3) is 0 Å². The molecule has 131 heavy (non-hydrogen) atoms. The number of amides is 9. The smallest absolute Gasteiger partial charge is 0.407 e. The molecule has 3 rings (SSSR count). The number of rotatable bonds is 63. The van der Waals surface area contributed by atoms with Crippen LogP contribution in [0.15, 0.2) is 0 Å². The van der Waals surface area contributed by atoms with Crippen molar-refractivity contribution in [2.24, 2.45) is 5.73 Å². The molecule has 15 atom stereocenters. The Morgan fingerprint density at radius 2 is 0.481 bits per heavy atom. The second-order valence-electron chi connectivity index (χ2n) is 31.7. The monoisotopic (exact) mass is 1880 g/mol. The van der Waals surface area contributed by atoms with Gasteiger partial charge < -0.3 is 139 Å². The molecule has 0 saturated carbocycles. The normalized spacial score (nSPS) is 21.8. The Morgan fingerprint density at radius 3 is 0.695 bits per heavy atom. The van der Waals surface area contributed by atoms with E-state index < -0.39 is 207 Å². The first-order chi connectivity index (χ1) is 62.3. The van der Waals surface area contributed by atoms with Crippen LogP contribution in [0.3, 0.4) is 0 Å². The van der Waals surface area contributed by atoms with Gasteiger partial charge in [0, 0.05) is 147 Å². The Balaban J connectivity index is 1.43. The predicted molar refractivity (Wildman–Crippen MR) is 455 cm³/mol. The molecule has 0 radical (unpaired) electrons. The number of carbonyl (C=O) groups is 18. The van der Waals surface area contributed by atoms with E-state index in [0.717, 1.165) is 80.1 Å². The molecular weight excluding hydrogens is 1740 g/mol. The Bertz CT molecular complexity index is 3240. The van der Waals surface area contributed by atoms with Gasteiger partial charge >= 0.3 is 72.0 Å². The van der Waals surface area contributed by atoms with Crippen molar-refractivity contribution in [2.75, 3.05) is 98.7 Å². The minimum absolute atomic E-state index is 0.0406. The molecule has 3 aliphatic rings. The first kappa shape index (κ1) is 115. The fourth-order valence-electron chi connectivity index (χ4n) is 14.2. The Hall–Kier alpha value is -10.4. The third kappa shape index (κ3) is 51.8. The van der Waals surface area contributed by atoms with Gasteiger partial charge in [-0.15, -0.1) is 0 Å². The van der Waals surface area contributed by atoms with Gasteiger partial charge in [-0.25, -0.2) is 14.4 Å². The average Bonchev–Trinajstić information content (AvgIpc) is 0.795. The van der Waals surface area contributed by atoms with Crippen LogP contribution in [0.2, 0.25) is 0 Å². The fourth-order valence-corrected chi connectivity index (χ4v) is 14.2. The molecule has 46 nitrogen and oxygen atoms in total. The van der Waals surface area contributed by atoms with E-state index in [0.29, 0.717) is 116 Å². The summed E-state index contributed by atoms with van der Waals surface area (Å²) < 4.78 is 100. The molecular formula is C85H140N10O36. The summed E-state index contributed by atoms with van der Waals surface area (Å²) in [4.78, 5) is 221. The molecule has 11 N–H and O–H groups in total. The first-order valence-electron chi connectivity index (χ1n) is 44.6. The SMILES string of the molecule is CC(=O)NC1C(OCCCC(=O)NCCCCCCNC(=O)OCCCC(N)(CCCOC(=O)NCCCCCCNC(=O)CCCOC2OC(COC(C)=O)C(OC(C)=O)C(OC(C)=O)C2NC(C)=O)CCCOC(=O)NCCCCCCNC(=O)CCCOC2OC(COC(C)=O)C(OC(C)=O)C(OC(C)=O)C2NC(C)=O)OC(COC(C)=O)C(OC(C)=O)C1OC(C)=O. The highest BCUT2D eigenvalue weighted by atomic mass is 16.7. The number of alkyl carbamates (subject to hydrolysis) is 3. The molecule has 0 aromatic rings. The highest BCUT2D eigenvalue weighted by Gasteiger charge is 2.54. The largest absolute Gasteiger partial charge is 0.463 e. The van der Waals surface area contributed by atoms with Gasteiger partial charge in [0.25, 0.3) is 0 Å². The van der Waals surface area contributed by atoms with Crippen LogP contribution >= 0.6 is 0 Å².